The molecule has 10 nitrogen and oxygen atoms in total. The normalized spacial score (nSPS) is 11.1. The van der Waals surface area contributed by atoms with Crippen LogP contribution in [0.15, 0.2) is 130 Å². The Kier molecular flexibility index (Phi) is 18.9. The lowest BCUT2D eigenvalue weighted by molar-refractivity contribution is 0.0697. The van der Waals surface area contributed by atoms with Crippen LogP contribution in [0, 0.1) is 0 Å². The highest BCUT2D eigenvalue weighted by molar-refractivity contribution is 5.87. The van der Waals surface area contributed by atoms with Gasteiger partial charge in [-0.3, -0.25) is 0 Å². The van der Waals surface area contributed by atoms with Gasteiger partial charge in [-0.15, -0.1) is 10.2 Å². The Morgan fingerprint density at radius 1 is 0.509 bits per heavy atom. The van der Waals surface area contributed by atoms with E-state index in [2.05, 4.69) is 62.0 Å². The molecule has 0 aromatic heterocycles. The van der Waals surface area contributed by atoms with E-state index in [1.54, 1.807) is 43.5 Å². The number of phenolic OH excluding ortho intramolecular Hbond substituents is 3. The number of hydrogen-bond donors (Lipinski definition) is 4. The molecule has 302 valence electrons. The number of rotatable bonds is 15. The van der Waals surface area contributed by atoms with E-state index in [0.29, 0.717) is 46.3 Å². The number of azo groups is 2. The van der Waals surface area contributed by atoms with Gasteiger partial charge in [-0.05, 0) is 158 Å². The molecule has 0 unspecified atom stereocenters. The maximum absolute atomic E-state index is 10.8. The molecule has 0 radical (unpaired) electrons. The van der Waals surface area contributed by atoms with Crippen molar-refractivity contribution < 1.29 is 30.0 Å². The lowest BCUT2D eigenvalue weighted by atomic mass is 9.93. The van der Waals surface area contributed by atoms with Gasteiger partial charge in [-0.2, -0.15) is 10.2 Å². The van der Waals surface area contributed by atoms with E-state index in [4.69, 9.17) is 14.9 Å². The Morgan fingerprint density at radius 3 is 1.25 bits per heavy atom. The lowest BCUT2D eigenvalue weighted by Crippen LogP contribution is -1.94. The molecule has 0 aliphatic rings. The second kappa shape index (κ2) is 23.8. The first-order valence-corrected chi connectivity index (χ1v) is 19.8. The van der Waals surface area contributed by atoms with Gasteiger partial charge >= 0.3 is 5.97 Å². The van der Waals surface area contributed by atoms with Crippen molar-refractivity contribution in [2.24, 2.45) is 20.5 Å². The third kappa shape index (κ3) is 14.2. The summed E-state index contributed by atoms with van der Waals surface area (Å²) in [6.45, 7) is 13.0. The smallest absolute Gasteiger partial charge is 0.335 e. The van der Waals surface area contributed by atoms with Crippen LogP contribution in [0.1, 0.15) is 125 Å². The van der Waals surface area contributed by atoms with E-state index in [9.17, 15) is 15.0 Å². The summed E-state index contributed by atoms with van der Waals surface area (Å²) in [5, 5.41) is 54.3. The number of carboxylic acid groups (broad SMARTS) is 1. The van der Waals surface area contributed by atoms with Gasteiger partial charge in [0.05, 0.1) is 24.0 Å². The minimum absolute atomic E-state index is 0.0746. The molecule has 5 aromatic rings. The third-order valence-corrected chi connectivity index (χ3v) is 10.00. The molecule has 0 aliphatic heterocycles. The Hall–Kier alpha value is -6.03. The highest BCUT2D eigenvalue weighted by atomic mass is 16.5. The monoisotopic (exact) mass is 774 g/mol. The number of benzene rings is 5. The van der Waals surface area contributed by atoms with Crippen molar-refractivity contribution in [3.05, 3.63) is 131 Å². The van der Waals surface area contributed by atoms with Crippen LogP contribution in [0.5, 0.6) is 23.0 Å². The van der Waals surface area contributed by atoms with Gasteiger partial charge in [-0.25, -0.2) is 4.79 Å². The molecular formula is C47H58N4O6. The van der Waals surface area contributed by atoms with Gasteiger partial charge in [0.1, 0.15) is 34.4 Å². The molecule has 4 N–H and O–H groups in total. The quantitative estimate of drug-likeness (QED) is 0.0775. The van der Waals surface area contributed by atoms with Gasteiger partial charge < -0.3 is 25.2 Å². The minimum atomic E-state index is -0.982. The predicted octanol–water partition coefficient (Wildman–Crippen LogP) is 14.4. The molecular weight excluding hydrogens is 717 g/mol. The molecule has 0 aliphatic carbocycles. The number of aromatic hydroxyl groups is 3. The molecule has 5 aromatic carbocycles. The molecule has 0 atom stereocenters. The number of nitrogens with zero attached hydrogens (tertiary/aromatic N) is 4. The number of carbonyl (C=O) groups is 1. The fourth-order valence-electron chi connectivity index (χ4n) is 6.32. The zero-order valence-corrected chi connectivity index (χ0v) is 34.3. The molecule has 0 amide bonds. The Morgan fingerprint density at radius 2 is 0.877 bits per heavy atom. The average molecular weight is 775 g/mol. The van der Waals surface area contributed by atoms with E-state index in [-0.39, 0.29) is 17.1 Å². The van der Waals surface area contributed by atoms with E-state index in [0.717, 1.165) is 37.0 Å². The number of methoxy groups -OCH3 is 1. The van der Waals surface area contributed by atoms with Crippen molar-refractivity contribution in [1.82, 2.24) is 0 Å². The first-order valence-electron chi connectivity index (χ1n) is 19.8. The van der Waals surface area contributed by atoms with Gasteiger partial charge in [0, 0.05) is 0 Å². The third-order valence-electron chi connectivity index (χ3n) is 10.00. The first kappa shape index (κ1) is 45.4. The van der Waals surface area contributed by atoms with Crippen LogP contribution in [0.2, 0.25) is 0 Å². The Balaban J connectivity index is 0.000000240. The molecule has 57 heavy (non-hydrogen) atoms. The fourth-order valence-corrected chi connectivity index (χ4v) is 6.32. The van der Waals surface area contributed by atoms with Crippen LogP contribution in [-0.4, -0.2) is 33.5 Å². The molecule has 0 fully saturated rings. The molecule has 0 saturated carbocycles. The summed E-state index contributed by atoms with van der Waals surface area (Å²) in [7, 11) is 1.62. The number of ether oxygens (including phenoxy) is 1. The summed E-state index contributed by atoms with van der Waals surface area (Å²) >= 11 is 0. The van der Waals surface area contributed by atoms with E-state index >= 15 is 0 Å². The van der Waals surface area contributed by atoms with E-state index in [1.165, 1.54) is 36.1 Å². The fraction of sp³-hybridized carbons (Fsp3) is 0.340. The Bertz CT molecular complexity index is 2000. The summed E-state index contributed by atoms with van der Waals surface area (Å²) in [6.07, 6.45) is 6.51. The second-order valence-corrected chi connectivity index (χ2v) is 13.6. The number of phenols is 3. The van der Waals surface area contributed by atoms with Crippen molar-refractivity contribution in [2.75, 3.05) is 7.11 Å². The first-order chi connectivity index (χ1) is 27.5. The Labute approximate surface area is 337 Å². The molecule has 0 saturated heterocycles. The highest BCUT2D eigenvalue weighted by Gasteiger charge is 2.12. The molecule has 10 heteroatoms. The molecule has 0 heterocycles. The summed E-state index contributed by atoms with van der Waals surface area (Å²) in [6, 6.07) is 31.9. The molecule has 0 bridgehead atoms. The van der Waals surface area contributed by atoms with Crippen LogP contribution < -0.4 is 4.74 Å². The SMILES string of the molecule is CCC(CC)c1ccc(O)c(N=Nc2ccc(C(=O)O)cc2)c1.CCC(CC)c1ccc(O)c(N=Nc2ccc(OC)cc2)c1.CCC(CC)c1ccc(O)cc1. The molecule has 0 spiro atoms. The van der Waals surface area contributed by atoms with Crippen molar-refractivity contribution in [3.63, 3.8) is 0 Å². The minimum Gasteiger partial charge on any atom is -0.508 e. The van der Waals surface area contributed by atoms with Crippen molar-refractivity contribution >= 4 is 28.7 Å². The number of carboxylic acids is 1. The van der Waals surface area contributed by atoms with E-state index in [1.807, 2.05) is 60.7 Å². The lowest BCUT2D eigenvalue weighted by Gasteiger charge is -2.13. The van der Waals surface area contributed by atoms with Gasteiger partial charge in [0.15, 0.2) is 0 Å². The zero-order valence-electron chi connectivity index (χ0n) is 34.3. The largest absolute Gasteiger partial charge is 0.508 e. The predicted molar refractivity (Wildman–Crippen MR) is 229 cm³/mol. The summed E-state index contributed by atoms with van der Waals surface area (Å²) in [5.41, 5.74) is 6.00. The van der Waals surface area contributed by atoms with Gasteiger partial charge in [0.25, 0.3) is 0 Å². The standard InChI is InChI=1S/C18H20N2O3.C18H22N2O2.C11H16O/c1-3-12(4-2)14-7-10-17(21)16(11-14)20-19-15-8-5-13(6-9-15)18(22)23;1-4-13(5-2)14-6-11-18(21)17(12-14)20-19-15-7-9-16(22-3)10-8-15;1-3-9(4-2)10-5-7-11(12)8-6-10/h5-12,21H,3-4H2,1-2H3,(H,22,23);6-13,21H,4-5H2,1-3H3;5-9,12H,3-4H2,1-2H3. The highest BCUT2D eigenvalue weighted by Crippen LogP contribution is 2.35. The maximum atomic E-state index is 10.8. The number of aromatic carboxylic acids is 1. The topological polar surface area (TPSA) is 157 Å². The van der Waals surface area contributed by atoms with Gasteiger partial charge in [0.2, 0.25) is 0 Å². The molecule has 5 rings (SSSR count). The van der Waals surface area contributed by atoms with Crippen molar-refractivity contribution in [3.8, 4) is 23.0 Å². The van der Waals surface area contributed by atoms with Crippen LogP contribution in [0.3, 0.4) is 0 Å². The zero-order chi connectivity index (χ0) is 41.7. The average Bonchev–Trinajstić information content (AvgIpc) is 3.23. The number of hydrogen-bond acceptors (Lipinski definition) is 9. The van der Waals surface area contributed by atoms with Gasteiger partial charge in [-0.1, -0.05) is 65.8 Å². The second-order valence-electron chi connectivity index (χ2n) is 13.6. The van der Waals surface area contributed by atoms with Crippen molar-refractivity contribution in [2.45, 2.75) is 97.8 Å². The van der Waals surface area contributed by atoms with Crippen LogP contribution in [0.25, 0.3) is 0 Å². The van der Waals surface area contributed by atoms with Crippen molar-refractivity contribution in [1.29, 1.82) is 0 Å². The van der Waals surface area contributed by atoms with Crippen LogP contribution in [-0.2, 0) is 0 Å². The van der Waals surface area contributed by atoms with E-state index < -0.39 is 5.97 Å². The van der Waals surface area contributed by atoms with Crippen LogP contribution >= 0.6 is 0 Å². The summed E-state index contributed by atoms with van der Waals surface area (Å²) < 4.78 is 5.11. The van der Waals surface area contributed by atoms with Crippen LogP contribution in [0.4, 0.5) is 22.7 Å². The maximum Gasteiger partial charge on any atom is 0.335 e. The summed E-state index contributed by atoms with van der Waals surface area (Å²) in [4.78, 5) is 10.8. The summed E-state index contributed by atoms with van der Waals surface area (Å²) in [5.74, 6) is 1.92.